The molecule has 0 aromatic carbocycles. The summed E-state index contributed by atoms with van der Waals surface area (Å²) in [4.78, 5) is 6.98. The maximum absolute atomic E-state index is 5.86. The SMILES string of the molecule is Cc1cnc(N2CCC3OCCCC3C2)c(Br)c1. The molecule has 0 spiro atoms. The first-order chi connectivity index (χ1) is 8.74. The average Bonchev–Trinajstić information content (AvgIpc) is 2.38. The van der Waals surface area contributed by atoms with E-state index >= 15 is 0 Å². The number of hydrogen-bond donors (Lipinski definition) is 0. The van der Waals surface area contributed by atoms with Crippen LogP contribution in [-0.4, -0.2) is 30.8 Å². The monoisotopic (exact) mass is 310 g/mol. The molecule has 98 valence electrons. The third kappa shape index (κ3) is 2.41. The maximum atomic E-state index is 5.86. The second kappa shape index (κ2) is 5.17. The Bertz CT molecular complexity index is 438. The summed E-state index contributed by atoms with van der Waals surface area (Å²) < 4.78 is 6.97. The molecule has 2 atom stereocenters. The lowest BCUT2D eigenvalue weighted by molar-refractivity contribution is -0.0358. The molecule has 3 nitrogen and oxygen atoms in total. The quantitative estimate of drug-likeness (QED) is 0.796. The number of aromatic nitrogens is 1. The fourth-order valence-electron chi connectivity index (χ4n) is 3.04. The van der Waals surface area contributed by atoms with Crippen LogP contribution >= 0.6 is 15.9 Å². The third-order valence-electron chi connectivity index (χ3n) is 3.97. The van der Waals surface area contributed by atoms with Crippen molar-refractivity contribution in [2.24, 2.45) is 5.92 Å². The highest BCUT2D eigenvalue weighted by molar-refractivity contribution is 9.10. The zero-order valence-corrected chi connectivity index (χ0v) is 12.3. The zero-order valence-electron chi connectivity index (χ0n) is 10.7. The molecule has 0 amide bonds. The smallest absolute Gasteiger partial charge is 0.142 e. The lowest BCUT2D eigenvalue weighted by atomic mass is 9.88. The van der Waals surface area contributed by atoms with Gasteiger partial charge in [0, 0.05) is 31.8 Å². The molecule has 1 aromatic heterocycles. The first kappa shape index (κ1) is 12.4. The summed E-state index contributed by atoms with van der Waals surface area (Å²) in [6, 6.07) is 2.14. The predicted octanol–water partition coefficient (Wildman–Crippen LogP) is 3.16. The molecule has 0 bridgehead atoms. The van der Waals surface area contributed by atoms with Crippen molar-refractivity contribution in [3.63, 3.8) is 0 Å². The molecule has 2 saturated heterocycles. The minimum atomic E-state index is 0.485. The van der Waals surface area contributed by atoms with E-state index in [0.29, 0.717) is 12.0 Å². The molecule has 2 unspecified atom stereocenters. The van der Waals surface area contributed by atoms with Gasteiger partial charge in [0.25, 0.3) is 0 Å². The van der Waals surface area contributed by atoms with Gasteiger partial charge in [-0.25, -0.2) is 4.98 Å². The van der Waals surface area contributed by atoms with Gasteiger partial charge >= 0.3 is 0 Å². The number of nitrogens with zero attached hydrogens (tertiary/aromatic N) is 2. The normalized spacial score (nSPS) is 28.0. The van der Waals surface area contributed by atoms with Crippen molar-refractivity contribution in [3.8, 4) is 0 Å². The Morgan fingerprint density at radius 2 is 2.33 bits per heavy atom. The number of anilines is 1. The van der Waals surface area contributed by atoms with E-state index in [0.717, 1.165) is 36.4 Å². The van der Waals surface area contributed by atoms with Crippen LogP contribution in [0.3, 0.4) is 0 Å². The van der Waals surface area contributed by atoms with Gasteiger partial charge in [-0.1, -0.05) is 0 Å². The summed E-state index contributed by atoms with van der Waals surface area (Å²) >= 11 is 3.64. The van der Waals surface area contributed by atoms with Crippen LogP contribution in [0.1, 0.15) is 24.8 Å². The topological polar surface area (TPSA) is 25.4 Å². The molecule has 0 radical (unpaired) electrons. The highest BCUT2D eigenvalue weighted by atomic mass is 79.9. The number of rotatable bonds is 1. The van der Waals surface area contributed by atoms with Gasteiger partial charge in [0.1, 0.15) is 5.82 Å². The second-order valence-electron chi connectivity index (χ2n) is 5.36. The minimum absolute atomic E-state index is 0.485. The Morgan fingerprint density at radius 3 is 3.17 bits per heavy atom. The van der Waals surface area contributed by atoms with Crippen LogP contribution in [0.25, 0.3) is 0 Å². The van der Waals surface area contributed by atoms with E-state index in [4.69, 9.17) is 4.74 Å². The third-order valence-corrected chi connectivity index (χ3v) is 4.56. The van der Waals surface area contributed by atoms with Crippen LogP contribution in [0.5, 0.6) is 0 Å². The molecular weight excluding hydrogens is 292 g/mol. The van der Waals surface area contributed by atoms with Gasteiger partial charge in [0.2, 0.25) is 0 Å². The number of fused-ring (bicyclic) bond motifs is 1. The van der Waals surface area contributed by atoms with E-state index in [-0.39, 0.29) is 0 Å². The molecule has 3 rings (SSSR count). The molecule has 4 heteroatoms. The first-order valence-electron chi connectivity index (χ1n) is 6.73. The van der Waals surface area contributed by atoms with Crippen LogP contribution < -0.4 is 4.90 Å². The van der Waals surface area contributed by atoms with E-state index in [1.807, 2.05) is 6.20 Å². The Kier molecular flexibility index (Phi) is 3.57. The van der Waals surface area contributed by atoms with Crippen molar-refractivity contribution in [1.29, 1.82) is 0 Å². The molecule has 2 fully saturated rings. The van der Waals surface area contributed by atoms with Gasteiger partial charge in [0.05, 0.1) is 10.6 Å². The molecule has 3 heterocycles. The largest absolute Gasteiger partial charge is 0.378 e. The molecule has 0 aliphatic carbocycles. The van der Waals surface area contributed by atoms with Crippen molar-refractivity contribution in [2.45, 2.75) is 32.3 Å². The van der Waals surface area contributed by atoms with Crippen molar-refractivity contribution >= 4 is 21.7 Å². The van der Waals surface area contributed by atoms with E-state index in [2.05, 4.69) is 38.8 Å². The molecule has 2 aliphatic rings. The van der Waals surface area contributed by atoms with Gasteiger partial charge in [-0.3, -0.25) is 0 Å². The van der Waals surface area contributed by atoms with Crippen molar-refractivity contribution < 1.29 is 4.74 Å². The number of aryl methyl sites for hydroxylation is 1. The number of halogens is 1. The van der Waals surface area contributed by atoms with Gasteiger partial charge < -0.3 is 9.64 Å². The first-order valence-corrected chi connectivity index (χ1v) is 7.52. The highest BCUT2D eigenvalue weighted by Crippen LogP contribution is 2.33. The van der Waals surface area contributed by atoms with Crippen LogP contribution in [0.15, 0.2) is 16.7 Å². The summed E-state index contributed by atoms with van der Waals surface area (Å²) in [6.45, 7) is 5.16. The molecule has 0 saturated carbocycles. The second-order valence-corrected chi connectivity index (χ2v) is 6.22. The minimum Gasteiger partial charge on any atom is -0.378 e. The van der Waals surface area contributed by atoms with E-state index in [9.17, 15) is 0 Å². The van der Waals surface area contributed by atoms with Crippen molar-refractivity contribution in [3.05, 3.63) is 22.3 Å². The average molecular weight is 311 g/mol. The summed E-state index contributed by atoms with van der Waals surface area (Å²) in [7, 11) is 0. The number of piperidine rings is 1. The van der Waals surface area contributed by atoms with E-state index in [1.54, 1.807) is 0 Å². The lowest BCUT2D eigenvalue weighted by Gasteiger charge is -2.41. The van der Waals surface area contributed by atoms with Crippen molar-refractivity contribution in [1.82, 2.24) is 4.98 Å². The summed E-state index contributed by atoms with van der Waals surface area (Å²) in [5, 5.41) is 0. The number of pyridine rings is 1. The Morgan fingerprint density at radius 1 is 1.44 bits per heavy atom. The Hall–Kier alpha value is -0.610. The zero-order chi connectivity index (χ0) is 12.5. The summed E-state index contributed by atoms with van der Waals surface area (Å²) in [6.07, 6.45) is 6.07. The van der Waals surface area contributed by atoms with Gasteiger partial charge in [-0.05, 0) is 53.7 Å². The fraction of sp³-hybridized carbons (Fsp3) is 0.643. The van der Waals surface area contributed by atoms with Crippen LogP contribution in [0.4, 0.5) is 5.82 Å². The molecule has 0 N–H and O–H groups in total. The van der Waals surface area contributed by atoms with Gasteiger partial charge in [-0.2, -0.15) is 0 Å². The Labute approximate surface area is 117 Å². The summed E-state index contributed by atoms with van der Waals surface area (Å²) in [5.74, 6) is 1.77. The molecule has 1 aromatic rings. The Balaban J connectivity index is 1.77. The standard InChI is InChI=1S/C14H19BrN2O/c1-10-7-12(15)14(16-8-10)17-5-4-13-11(9-17)3-2-6-18-13/h7-8,11,13H,2-6,9H2,1H3. The fourth-order valence-corrected chi connectivity index (χ4v) is 3.75. The predicted molar refractivity (Wildman–Crippen MR) is 76.0 cm³/mol. The number of hydrogen-bond acceptors (Lipinski definition) is 3. The van der Waals surface area contributed by atoms with Crippen molar-refractivity contribution in [2.75, 3.05) is 24.6 Å². The van der Waals surface area contributed by atoms with Crippen LogP contribution in [0.2, 0.25) is 0 Å². The molecule has 2 aliphatic heterocycles. The molecular formula is C14H19BrN2O. The lowest BCUT2D eigenvalue weighted by Crippen LogP contribution is -2.46. The van der Waals surface area contributed by atoms with Crippen LogP contribution in [-0.2, 0) is 4.74 Å². The van der Waals surface area contributed by atoms with Crippen LogP contribution in [0, 0.1) is 12.8 Å². The van der Waals surface area contributed by atoms with E-state index in [1.165, 1.54) is 18.4 Å². The van der Waals surface area contributed by atoms with Gasteiger partial charge in [-0.15, -0.1) is 0 Å². The maximum Gasteiger partial charge on any atom is 0.142 e. The summed E-state index contributed by atoms with van der Waals surface area (Å²) in [5.41, 5.74) is 1.20. The molecule has 18 heavy (non-hydrogen) atoms. The number of ether oxygens (including phenoxy) is 1. The van der Waals surface area contributed by atoms with E-state index < -0.39 is 0 Å². The highest BCUT2D eigenvalue weighted by Gasteiger charge is 2.32. The van der Waals surface area contributed by atoms with Gasteiger partial charge in [0.15, 0.2) is 0 Å².